The van der Waals surface area contributed by atoms with Gasteiger partial charge in [-0.15, -0.1) is 0 Å². The van der Waals surface area contributed by atoms with Crippen LogP contribution in [0.2, 0.25) is 0 Å². The van der Waals surface area contributed by atoms with Crippen LogP contribution in [0.5, 0.6) is 0 Å². The van der Waals surface area contributed by atoms with Gasteiger partial charge in [-0.1, -0.05) is 34.6 Å². The summed E-state index contributed by atoms with van der Waals surface area (Å²) in [5.74, 6) is 0.802. The first-order valence-electron chi connectivity index (χ1n) is 9.37. The van der Waals surface area contributed by atoms with E-state index in [0.29, 0.717) is 23.5 Å². The molecule has 2 rings (SSSR count). The smallest absolute Gasteiger partial charge is 0.0900 e. The van der Waals surface area contributed by atoms with Gasteiger partial charge in [0.05, 0.1) is 18.8 Å². The fourth-order valence-corrected chi connectivity index (χ4v) is 4.89. The third-order valence-electron chi connectivity index (χ3n) is 6.75. The number of nitrogens with zero attached hydrogens (tertiary/aromatic N) is 1. The van der Waals surface area contributed by atoms with E-state index in [0.717, 1.165) is 38.4 Å². The van der Waals surface area contributed by atoms with Crippen LogP contribution in [0.15, 0.2) is 0 Å². The molecule has 3 heteroatoms. The molecular weight excluding hydrogens is 274 g/mol. The molecule has 4 atom stereocenters. The fraction of sp³-hybridized carbons (Fsp3) is 1.00. The van der Waals surface area contributed by atoms with E-state index in [-0.39, 0.29) is 6.10 Å². The number of aliphatic hydroxyl groups excluding tert-OH is 1. The molecule has 0 saturated heterocycles. The quantitative estimate of drug-likeness (QED) is 0.705. The Hall–Kier alpha value is -0.120. The number of aliphatic hydroxyl groups is 1. The van der Waals surface area contributed by atoms with Gasteiger partial charge in [-0.25, -0.2) is 0 Å². The number of hydrogen-bond donors (Lipinski definition) is 1. The van der Waals surface area contributed by atoms with Gasteiger partial charge in [0.2, 0.25) is 0 Å². The lowest BCUT2D eigenvalue weighted by atomic mass is 9.70. The van der Waals surface area contributed by atoms with E-state index in [1.165, 1.54) is 19.3 Å². The summed E-state index contributed by atoms with van der Waals surface area (Å²) in [4.78, 5) is 2.36. The largest absolute Gasteiger partial charge is 0.389 e. The number of rotatable bonds is 9. The Kier molecular flexibility index (Phi) is 5.95. The van der Waals surface area contributed by atoms with Crippen molar-refractivity contribution in [3.8, 4) is 0 Å². The fourth-order valence-electron chi connectivity index (χ4n) is 4.89. The van der Waals surface area contributed by atoms with Crippen molar-refractivity contribution in [3.05, 3.63) is 0 Å². The SMILES string of the molecule is CCCN(CCC)C[C@@H](O)CO[C@@H]1C[C@@H]2CC[C@]1(C)C2(C)C. The van der Waals surface area contributed by atoms with Crippen molar-refractivity contribution < 1.29 is 9.84 Å². The zero-order valence-corrected chi connectivity index (χ0v) is 15.4. The first-order chi connectivity index (χ1) is 10.3. The minimum Gasteiger partial charge on any atom is -0.389 e. The summed E-state index contributed by atoms with van der Waals surface area (Å²) in [7, 11) is 0. The molecule has 0 aromatic carbocycles. The van der Waals surface area contributed by atoms with Crippen molar-refractivity contribution in [1.29, 1.82) is 0 Å². The average Bonchev–Trinajstić information content (AvgIpc) is 2.78. The maximum absolute atomic E-state index is 10.4. The van der Waals surface area contributed by atoms with Crippen LogP contribution in [0, 0.1) is 16.7 Å². The Labute approximate surface area is 137 Å². The predicted octanol–water partition coefficient (Wildman–Crippen LogP) is 3.70. The highest BCUT2D eigenvalue weighted by molar-refractivity contribution is 5.11. The van der Waals surface area contributed by atoms with E-state index < -0.39 is 0 Å². The first-order valence-corrected chi connectivity index (χ1v) is 9.37. The second-order valence-electron chi connectivity index (χ2n) is 8.39. The Morgan fingerprint density at radius 1 is 1.18 bits per heavy atom. The van der Waals surface area contributed by atoms with Gasteiger partial charge < -0.3 is 14.7 Å². The lowest BCUT2D eigenvalue weighted by Crippen LogP contribution is -2.41. The monoisotopic (exact) mass is 311 g/mol. The van der Waals surface area contributed by atoms with Gasteiger partial charge in [0.25, 0.3) is 0 Å². The van der Waals surface area contributed by atoms with Crippen molar-refractivity contribution in [2.45, 2.75) is 78.9 Å². The van der Waals surface area contributed by atoms with Gasteiger partial charge in [-0.3, -0.25) is 0 Å². The molecule has 130 valence electrons. The molecule has 1 N–H and O–H groups in total. The summed E-state index contributed by atoms with van der Waals surface area (Å²) in [6.07, 6.45) is 6.08. The number of ether oxygens (including phenoxy) is 1. The molecule has 2 aliphatic carbocycles. The van der Waals surface area contributed by atoms with Gasteiger partial charge in [-0.2, -0.15) is 0 Å². The van der Waals surface area contributed by atoms with Crippen LogP contribution in [0.25, 0.3) is 0 Å². The minimum atomic E-state index is -0.357. The van der Waals surface area contributed by atoms with Crippen LogP contribution >= 0.6 is 0 Å². The Balaban J connectivity index is 1.81. The molecule has 0 spiro atoms. The molecule has 2 fully saturated rings. The Morgan fingerprint density at radius 2 is 1.82 bits per heavy atom. The number of hydrogen-bond acceptors (Lipinski definition) is 3. The molecule has 2 saturated carbocycles. The molecule has 0 radical (unpaired) electrons. The predicted molar refractivity (Wildman–Crippen MR) is 92.0 cm³/mol. The third kappa shape index (κ3) is 3.37. The van der Waals surface area contributed by atoms with Crippen molar-refractivity contribution in [2.24, 2.45) is 16.7 Å². The van der Waals surface area contributed by atoms with Crippen molar-refractivity contribution in [3.63, 3.8) is 0 Å². The topological polar surface area (TPSA) is 32.7 Å². The summed E-state index contributed by atoms with van der Waals surface area (Å²) in [6.45, 7) is 15.0. The zero-order chi connectivity index (χ0) is 16.4. The van der Waals surface area contributed by atoms with Crippen molar-refractivity contribution >= 4 is 0 Å². The van der Waals surface area contributed by atoms with E-state index in [9.17, 15) is 5.11 Å². The second-order valence-corrected chi connectivity index (χ2v) is 8.39. The normalized spacial score (nSPS) is 34.5. The van der Waals surface area contributed by atoms with Crippen molar-refractivity contribution in [1.82, 2.24) is 4.90 Å². The van der Waals surface area contributed by atoms with E-state index >= 15 is 0 Å². The van der Waals surface area contributed by atoms with Gasteiger partial charge in [0.15, 0.2) is 0 Å². The van der Waals surface area contributed by atoms with Crippen LogP contribution < -0.4 is 0 Å². The highest BCUT2D eigenvalue weighted by atomic mass is 16.5. The standard InChI is InChI=1S/C19H37NO2/c1-6-10-20(11-7-2)13-16(21)14-22-17-12-15-8-9-19(17,5)18(15,3)4/h15-17,21H,6-14H2,1-5H3/t15-,16+,17+,19-/m0/s1. The van der Waals surface area contributed by atoms with Gasteiger partial charge in [-0.05, 0) is 61.9 Å². The van der Waals surface area contributed by atoms with Crippen LogP contribution in [-0.2, 0) is 4.74 Å². The third-order valence-corrected chi connectivity index (χ3v) is 6.75. The molecule has 0 amide bonds. The Bertz CT molecular complexity index is 351. The second kappa shape index (κ2) is 7.19. The Morgan fingerprint density at radius 3 is 2.27 bits per heavy atom. The molecule has 3 nitrogen and oxygen atoms in total. The maximum Gasteiger partial charge on any atom is 0.0900 e. The molecule has 2 aliphatic rings. The number of fused-ring (bicyclic) bond motifs is 2. The first kappa shape index (κ1) is 18.2. The lowest BCUT2D eigenvalue weighted by Gasteiger charge is -2.39. The lowest BCUT2D eigenvalue weighted by molar-refractivity contribution is -0.0793. The van der Waals surface area contributed by atoms with Crippen LogP contribution in [-0.4, -0.2) is 48.5 Å². The summed E-state index contributed by atoms with van der Waals surface area (Å²) in [5, 5.41) is 10.4. The molecule has 2 bridgehead atoms. The average molecular weight is 312 g/mol. The minimum absolute atomic E-state index is 0.296. The molecular formula is C19H37NO2. The molecule has 0 unspecified atom stereocenters. The van der Waals surface area contributed by atoms with E-state index in [1.54, 1.807) is 0 Å². The summed E-state index contributed by atoms with van der Waals surface area (Å²) in [6, 6.07) is 0. The van der Waals surface area contributed by atoms with Crippen molar-refractivity contribution in [2.75, 3.05) is 26.2 Å². The highest BCUT2D eigenvalue weighted by Crippen LogP contribution is 2.66. The summed E-state index contributed by atoms with van der Waals surface area (Å²) >= 11 is 0. The van der Waals surface area contributed by atoms with E-state index in [1.807, 2.05) is 0 Å². The summed E-state index contributed by atoms with van der Waals surface area (Å²) < 4.78 is 6.22. The molecule has 0 heterocycles. The van der Waals surface area contributed by atoms with Crippen LogP contribution in [0.4, 0.5) is 0 Å². The molecule has 0 aliphatic heterocycles. The van der Waals surface area contributed by atoms with Gasteiger partial charge in [0, 0.05) is 6.54 Å². The highest BCUT2D eigenvalue weighted by Gasteiger charge is 2.61. The zero-order valence-electron chi connectivity index (χ0n) is 15.4. The van der Waals surface area contributed by atoms with Crippen LogP contribution in [0.3, 0.4) is 0 Å². The maximum atomic E-state index is 10.4. The van der Waals surface area contributed by atoms with Gasteiger partial charge >= 0.3 is 0 Å². The van der Waals surface area contributed by atoms with Crippen LogP contribution in [0.1, 0.15) is 66.7 Å². The molecule has 0 aromatic heterocycles. The van der Waals surface area contributed by atoms with Gasteiger partial charge in [0.1, 0.15) is 0 Å². The molecule has 22 heavy (non-hydrogen) atoms. The summed E-state index contributed by atoms with van der Waals surface area (Å²) in [5.41, 5.74) is 0.684. The molecule has 0 aromatic rings. The van der Waals surface area contributed by atoms with E-state index in [4.69, 9.17) is 4.74 Å². The van der Waals surface area contributed by atoms with E-state index in [2.05, 4.69) is 39.5 Å².